The molecule has 0 radical (unpaired) electrons. The maximum absolute atomic E-state index is 13.6. The van der Waals surface area contributed by atoms with E-state index in [0.29, 0.717) is 24.0 Å². The predicted octanol–water partition coefficient (Wildman–Crippen LogP) is 2.58. The molecule has 0 aliphatic heterocycles. The van der Waals surface area contributed by atoms with Crippen LogP contribution in [0.15, 0.2) is 12.1 Å². The zero-order valence-corrected chi connectivity index (χ0v) is 9.98. The summed E-state index contributed by atoms with van der Waals surface area (Å²) in [5.74, 6) is 9.90. The normalized spacial score (nSPS) is 11.8. The van der Waals surface area contributed by atoms with E-state index in [-0.39, 0.29) is 6.04 Å². The Balaban J connectivity index is 2.93. The molecule has 1 aromatic rings. The minimum Gasteiger partial charge on any atom is -0.271 e. The molecule has 0 spiro atoms. The molecule has 0 aliphatic rings. The standard InChI is InChI=1S/C13H16F2N2/c1-3-4-5-6-13(17-16)10-7-9(2)11(14)8-12(10)15/h7-8,13,17H,5-6,16H2,1-2H3. The molecular weight excluding hydrogens is 222 g/mol. The number of hydrazine groups is 1. The number of benzene rings is 1. The molecule has 0 saturated heterocycles. The van der Waals surface area contributed by atoms with Crippen LogP contribution in [0.4, 0.5) is 8.78 Å². The van der Waals surface area contributed by atoms with Gasteiger partial charge in [-0.3, -0.25) is 11.3 Å². The van der Waals surface area contributed by atoms with Gasteiger partial charge in [0.1, 0.15) is 11.6 Å². The van der Waals surface area contributed by atoms with E-state index in [9.17, 15) is 8.78 Å². The third-order valence-corrected chi connectivity index (χ3v) is 2.59. The number of hydrogen-bond acceptors (Lipinski definition) is 2. The molecule has 0 heterocycles. The maximum Gasteiger partial charge on any atom is 0.130 e. The van der Waals surface area contributed by atoms with Gasteiger partial charge in [0.2, 0.25) is 0 Å². The third kappa shape index (κ3) is 3.52. The van der Waals surface area contributed by atoms with Gasteiger partial charge in [0.15, 0.2) is 0 Å². The van der Waals surface area contributed by atoms with Crippen molar-refractivity contribution in [1.82, 2.24) is 5.43 Å². The average molecular weight is 238 g/mol. The Hall–Kier alpha value is -1.44. The molecule has 0 aliphatic carbocycles. The first-order chi connectivity index (χ1) is 8.10. The Labute approximate surface area is 100 Å². The van der Waals surface area contributed by atoms with Gasteiger partial charge in [0.25, 0.3) is 0 Å². The minimum absolute atomic E-state index is 0.352. The molecule has 1 atom stereocenters. The summed E-state index contributed by atoms with van der Waals surface area (Å²) < 4.78 is 26.7. The highest BCUT2D eigenvalue weighted by Crippen LogP contribution is 2.23. The molecule has 0 saturated carbocycles. The van der Waals surface area contributed by atoms with E-state index in [4.69, 9.17) is 5.84 Å². The molecule has 17 heavy (non-hydrogen) atoms. The molecule has 0 aromatic heterocycles. The predicted molar refractivity (Wildman–Crippen MR) is 63.8 cm³/mol. The highest BCUT2D eigenvalue weighted by molar-refractivity contribution is 5.28. The fourth-order valence-corrected chi connectivity index (χ4v) is 1.62. The van der Waals surface area contributed by atoms with Gasteiger partial charge in [0.05, 0.1) is 0 Å². The van der Waals surface area contributed by atoms with E-state index in [2.05, 4.69) is 17.3 Å². The van der Waals surface area contributed by atoms with E-state index in [1.165, 1.54) is 6.07 Å². The first kappa shape index (κ1) is 13.6. The van der Waals surface area contributed by atoms with E-state index in [1.807, 2.05) is 0 Å². The summed E-state index contributed by atoms with van der Waals surface area (Å²) in [7, 11) is 0. The van der Waals surface area contributed by atoms with Crippen molar-refractivity contribution in [3.63, 3.8) is 0 Å². The summed E-state index contributed by atoms with van der Waals surface area (Å²) >= 11 is 0. The lowest BCUT2D eigenvalue weighted by atomic mass is 10.00. The monoisotopic (exact) mass is 238 g/mol. The van der Waals surface area contributed by atoms with Gasteiger partial charge in [-0.1, -0.05) is 0 Å². The Bertz CT molecular complexity index is 447. The minimum atomic E-state index is -0.583. The second kappa shape index (κ2) is 6.33. The van der Waals surface area contributed by atoms with Crippen molar-refractivity contribution in [2.75, 3.05) is 0 Å². The molecule has 92 valence electrons. The topological polar surface area (TPSA) is 38.0 Å². The Morgan fingerprint density at radius 1 is 1.35 bits per heavy atom. The lowest BCUT2D eigenvalue weighted by Crippen LogP contribution is -2.28. The Morgan fingerprint density at radius 3 is 2.65 bits per heavy atom. The number of nitrogens with one attached hydrogen (secondary N) is 1. The Kier molecular flexibility index (Phi) is 5.08. The van der Waals surface area contributed by atoms with Crippen LogP contribution in [0.1, 0.15) is 36.9 Å². The highest BCUT2D eigenvalue weighted by atomic mass is 19.1. The molecule has 0 fully saturated rings. The largest absolute Gasteiger partial charge is 0.271 e. The van der Waals surface area contributed by atoms with Crippen LogP contribution in [0.2, 0.25) is 0 Å². The molecule has 0 amide bonds. The lowest BCUT2D eigenvalue weighted by Gasteiger charge is -2.16. The number of aryl methyl sites for hydroxylation is 1. The third-order valence-electron chi connectivity index (χ3n) is 2.59. The van der Waals surface area contributed by atoms with Crippen LogP contribution < -0.4 is 11.3 Å². The van der Waals surface area contributed by atoms with Crippen molar-refractivity contribution >= 4 is 0 Å². The van der Waals surface area contributed by atoms with Gasteiger partial charge in [-0.2, -0.15) is 0 Å². The molecule has 3 N–H and O–H groups in total. The second-order valence-corrected chi connectivity index (χ2v) is 3.81. The smallest absolute Gasteiger partial charge is 0.130 e. The van der Waals surface area contributed by atoms with Crippen molar-refractivity contribution < 1.29 is 8.78 Å². The molecule has 1 aromatic carbocycles. The van der Waals surface area contributed by atoms with Crippen LogP contribution >= 0.6 is 0 Å². The highest BCUT2D eigenvalue weighted by Gasteiger charge is 2.15. The van der Waals surface area contributed by atoms with Crippen molar-refractivity contribution in [2.45, 2.75) is 32.7 Å². The zero-order valence-electron chi connectivity index (χ0n) is 9.98. The summed E-state index contributed by atoms with van der Waals surface area (Å²) in [6.07, 6.45) is 1.20. The number of hydrogen-bond donors (Lipinski definition) is 2. The fraction of sp³-hybridized carbons (Fsp3) is 0.385. The quantitative estimate of drug-likeness (QED) is 0.480. The van der Waals surface area contributed by atoms with Crippen LogP contribution in [-0.2, 0) is 0 Å². The molecule has 1 rings (SSSR count). The van der Waals surface area contributed by atoms with Gasteiger partial charge >= 0.3 is 0 Å². The SMILES string of the molecule is CC#CCCC(NN)c1cc(C)c(F)cc1F. The van der Waals surface area contributed by atoms with Gasteiger partial charge in [-0.25, -0.2) is 8.78 Å². The maximum atomic E-state index is 13.6. The van der Waals surface area contributed by atoms with E-state index in [0.717, 1.165) is 6.07 Å². The van der Waals surface area contributed by atoms with Crippen LogP contribution in [0.5, 0.6) is 0 Å². The zero-order chi connectivity index (χ0) is 12.8. The Morgan fingerprint density at radius 2 is 2.06 bits per heavy atom. The summed E-state index contributed by atoms with van der Waals surface area (Å²) in [6, 6.07) is 2.02. The van der Waals surface area contributed by atoms with Crippen LogP contribution in [0.3, 0.4) is 0 Å². The molecule has 1 unspecified atom stereocenters. The van der Waals surface area contributed by atoms with E-state index in [1.54, 1.807) is 13.8 Å². The number of nitrogens with two attached hydrogens (primary N) is 1. The summed E-state index contributed by atoms with van der Waals surface area (Å²) in [4.78, 5) is 0. The van der Waals surface area contributed by atoms with Crippen molar-refractivity contribution in [3.05, 3.63) is 34.9 Å². The van der Waals surface area contributed by atoms with Crippen molar-refractivity contribution in [1.29, 1.82) is 0 Å². The molecule has 4 heteroatoms. The van der Waals surface area contributed by atoms with E-state index < -0.39 is 11.6 Å². The van der Waals surface area contributed by atoms with Crippen LogP contribution in [0, 0.1) is 30.4 Å². The summed E-state index contributed by atoms with van der Waals surface area (Å²) in [5.41, 5.74) is 3.32. The van der Waals surface area contributed by atoms with Gasteiger partial charge in [0, 0.05) is 24.1 Å². The molecule has 2 nitrogen and oxygen atoms in total. The van der Waals surface area contributed by atoms with Crippen molar-refractivity contribution in [3.8, 4) is 11.8 Å². The molecular formula is C13H16F2N2. The van der Waals surface area contributed by atoms with Crippen LogP contribution in [0.25, 0.3) is 0 Å². The number of halogens is 2. The lowest BCUT2D eigenvalue weighted by molar-refractivity contribution is 0.483. The van der Waals surface area contributed by atoms with Gasteiger partial charge in [-0.15, -0.1) is 11.8 Å². The first-order valence-electron chi connectivity index (χ1n) is 5.41. The summed E-state index contributed by atoms with van der Waals surface area (Å²) in [5, 5.41) is 0. The van der Waals surface area contributed by atoms with Crippen molar-refractivity contribution in [2.24, 2.45) is 5.84 Å². The fourth-order valence-electron chi connectivity index (χ4n) is 1.62. The van der Waals surface area contributed by atoms with Gasteiger partial charge in [-0.05, 0) is 31.9 Å². The van der Waals surface area contributed by atoms with E-state index >= 15 is 0 Å². The second-order valence-electron chi connectivity index (χ2n) is 3.81. The summed E-state index contributed by atoms with van der Waals surface area (Å²) in [6.45, 7) is 3.34. The number of rotatable bonds is 4. The first-order valence-corrected chi connectivity index (χ1v) is 5.41. The van der Waals surface area contributed by atoms with Gasteiger partial charge < -0.3 is 0 Å². The van der Waals surface area contributed by atoms with Crippen LogP contribution in [-0.4, -0.2) is 0 Å². The average Bonchev–Trinajstić information content (AvgIpc) is 2.30. The molecule has 0 bridgehead atoms.